The van der Waals surface area contributed by atoms with Gasteiger partial charge in [-0.2, -0.15) is 13.2 Å². The maximum absolute atomic E-state index is 13.0. The Morgan fingerprint density at radius 2 is 2.05 bits per heavy atom. The number of nitrogens with one attached hydrogen (secondary N) is 1. The van der Waals surface area contributed by atoms with Crippen LogP contribution in [-0.2, 0) is 6.18 Å². The Bertz CT molecular complexity index is 623. The molecule has 0 aliphatic carbocycles. The van der Waals surface area contributed by atoms with Crippen molar-refractivity contribution in [2.45, 2.75) is 25.4 Å². The summed E-state index contributed by atoms with van der Waals surface area (Å²) in [5.41, 5.74) is 0.692. The van der Waals surface area contributed by atoms with Gasteiger partial charge in [0.1, 0.15) is 5.58 Å². The second-order valence-corrected chi connectivity index (χ2v) is 5.48. The molecule has 2 nitrogen and oxygen atoms in total. The second-order valence-electron chi connectivity index (χ2n) is 5.48. The lowest BCUT2D eigenvalue weighted by Crippen LogP contribution is -2.33. The van der Waals surface area contributed by atoms with Gasteiger partial charge >= 0.3 is 6.18 Å². The number of piperidine rings is 1. The van der Waals surface area contributed by atoms with Crippen molar-refractivity contribution in [3.8, 4) is 0 Å². The van der Waals surface area contributed by atoms with Gasteiger partial charge < -0.3 is 9.73 Å². The molecule has 1 aromatic heterocycles. The first kappa shape index (κ1) is 16.2. The van der Waals surface area contributed by atoms with Gasteiger partial charge in [0.05, 0.1) is 11.8 Å². The highest BCUT2D eigenvalue weighted by Gasteiger charge is 2.34. The monoisotopic (exact) mass is 319 g/mol. The number of rotatable bonds is 1. The summed E-state index contributed by atoms with van der Waals surface area (Å²) >= 11 is 0. The van der Waals surface area contributed by atoms with Crippen LogP contribution in [0.1, 0.15) is 30.4 Å². The molecule has 116 valence electrons. The van der Waals surface area contributed by atoms with Crippen molar-refractivity contribution in [3.63, 3.8) is 0 Å². The predicted molar refractivity (Wildman–Crippen MR) is 77.9 cm³/mol. The third-order valence-corrected chi connectivity index (χ3v) is 4.09. The third kappa shape index (κ3) is 3.04. The van der Waals surface area contributed by atoms with E-state index in [1.54, 1.807) is 6.07 Å². The Morgan fingerprint density at radius 3 is 2.71 bits per heavy atom. The molecular weight excluding hydrogens is 303 g/mol. The maximum Gasteiger partial charge on any atom is 0.416 e. The standard InChI is InChI=1S/C15H16F3NO.ClH/c1-9-8-19-4-2-12(9)13-7-11(15(16,17)18)6-10-3-5-20-14(10)13;/h3,5-7,9,12,19H,2,4,8H2,1H3;1H. The zero-order valence-electron chi connectivity index (χ0n) is 11.5. The fraction of sp³-hybridized carbons (Fsp3) is 0.467. The zero-order valence-corrected chi connectivity index (χ0v) is 12.4. The van der Waals surface area contributed by atoms with Crippen LogP contribution < -0.4 is 5.32 Å². The first-order chi connectivity index (χ1) is 9.47. The van der Waals surface area contributed by atoms with Gasteiger partial charge in [0, 0.05) is 5.39 Å². The molecule has 3 rings (SSSR count). The molecule has 1 N–H and O–H groups in total. The Labute approximate surface area is 127 Å². The topological polar surface area (TPSA) is 25.2 Å². The van der Waals surface area contributed by atoms with E-state index < -0.39 is 11.7 Å². The van der Waals surface area contributed by atoms with Crippen LogP contribution in [0.15, 0.2) is 28.9 Å². The van der Waals surface area contributed by atoms with E-state index >= 15 is 0 Å². The number of halogens is 4. The van der Waals surface area contributed by atoms with E-state index in [1.165, 1.54) is 12.3 Å². The first-order valence-electron chi connectivity index (χ1n) is 6.76. The number of alkyl halides is 3. The van der Waals surface area contributed by atoms with Crippen LogP contribution in [0.4, 0.5) is 13.2 Å². The van der Waals surface area contributed by atoms with Gasteiger partial charge in [-0.1, -0.05) is 6.92 Å². The molecule has 0 spiro atoms. The van der Waals surface area contributed by atoms with Crippen molar-refractivity contribution in [2.75, 3.05) is 13.1 Å². The second kappa shape index (κ2) is 5.89. The number of hydrogen-bond donors (Lipinski definition) is 1. The van der Waals surface area contributed by atoms with Crippen molar-refractivity contribution < 1.29 is 17.6 Å². The molecule has 1 aliphatic heterocycles. The molecule has 0 amide bonds. The lowest BCUT2D eigenvalue weighted by Gasteiger charge is -2.30. The van der Waals surface area contributed by atoms with Crippen LogP contribution in [0.25, 0.3) is 11.0 Å². The van der Waals surface area contributed by atoms with Crippen LogP contribution in [0.2, 0.25) is 0 Å². The highest BCUT2D eigenvalue weighted by atomic mass is 35.5. The minimum Gasteiger partial charge on any atom is -0.464 e. The van der Waals surface area contributed by atoms with E-state index in [2.05, 4.69) is 12.2 Å². The molecule has 0 radical (unpaired) electrons. The SMILES string of the molecule is CC1CNCCC1c1cc(C(F)(F)F)cc2ccoc12.Cl. The van der Waals surface area contributed by atoms with Crippen LogP contribution in [-0.4, -0.2) is 13.1 Å². The molecule has 2 aromatic rings. The molecule has 1 aromatic carbocycles. The summed E-state index contributed by atoms with van der Waals surface area (Å²) in [6.45, 7) is 3.71. The fourth-order valence-electron chi connectivity index (χ4n) is 3.02. The van der Waals surface area contributed by atoms with Crippen molar-refractivity contribution in [1.82, 2.24) is 5.32 Å². The maximum atomic E-state index is 13.0. The molecule has 1 aliphatic rings. The lowest BCUT2D eigenvalue weighted by atomic mass is 9.81. The number of benzene rings is 1. The molecule has 0 saturated carbocycles. The largest absolute Gasteiger partial charge is 0.464 e. The van der Waals surface area contributed by atoms with E-state index in [-0.39, 0.29) is 18.3 Å². The average molecular weight is 320 g/mol. The fourth-order valence-corrected chi connectivity index (χ4v) is 3.02. The number of furan rings is 1. The van der Waals surface area contributed by atoms with E-state index in [1.807, 2.05) is 0 Å². The highest BCUT2D eigenvalue weighted by Crippen LogP contribution is 2.39. The van der Waals surface area contributed by atoms with Crippen molar-refractivity contribution in [1.29, 1.82) is 0 Å². The zero-order chi connectivity index (χ0) is 14.3. The summed E-state index contributed by atoms with van der Waals surface area (Å²) in [5, 5.41) is 3.80. The van der Waals surface area contributed by atoms with Gasteiger partial charge in [-0.15, -0.1) is 12.4 Å². The summed E-state index contributed by atoms with van der Waals surface area (Å²) in [6, 6.07) is 4.02. The highest BCUT2D eigenvalue weighted by molar-refractivity contribution is 5.85. The Hall–Kier alpha value is -1.20. The minimum absolute atomic E-state index is 0. The third-order valence-electron chi connectivity index (χ3n) is 4.09. The van der Waals surface area contributed by atoms with Gasteiger partial charge in [0.2, 0.25) is 0 Å². The molecule has 2 unspecified atom stereocenters. The molecule has 1 fully saturated rings. The predicted octanol–water partition coefficient (Wildman–Crippen LogP) is 4.59. The molecule has 1 saturated heterocycles. The van der Waals surface area contributed by atoms with Gasteiger partial charge in [0.15, 0.2) is 0 Å². The van der Waals surface area contributed by atoms with Crippen LogP contribution >= 0.6 is 12.4 Å². The molecule has 2 heterocycles. The Kier molecular flexibility index (Phi) is 4.54. The van der Waals surface area contributed by atoms with Gasteiger partial charge in [-0.05, 0) is 55.1 Å². The van der Waals surface area contributed by atoms with Crippen LogP contribution in [0, 0.1) is 5.92 Å². The Morgan fingerprint density at radius 1 is 1.29 bits per heavy atom. The van der Waals surface area contributed by atoms with Crippen LogP contribution in [0.3, 0.4) is 0 Å². The summed E-state index contributed by atoms with van der Waals surface area (Å²) in [5.74, 6) is 0.396. The number of fused-ring (bicyclic) bond motifs is 1. The van der Waals surface area contributed by atoms with E-state index in [0.717, 1.165) is 25.6 Å². The molecular formula is C15H17ClF3NO. The minimum atomic E-state index is -4.32. The van der Waals surface area contributed by atoms with Crippen molar-refractivity contribution in [2.24, 2.45) is 5.92 Å². The quantitative estimate of drug-likeness (QED) is 0.832. The number of hydrogen-bond acceptors (Lipinski definition) is 2. The smallest absolute Gasteiger partial charge is 0.416 e. The lowest BCUT2D eigenvalue weighted by molar-refractivity contribution is -0.137. The summed E-state index contributed by atoms with van der Waals surface area (Å²) < 4.78 is 44.5. The van der Waals surface area contributed by atoms with Crippen molar-refractivity contribution in [3.05, 3.63) is 35.6 Å². The van der Waals surface area contributed by atoms with Crippen LogP contribution in [0.5, 0.6) is 0 Å². The molecule has 0 bridgehead atoms. The van der Waals surface area contributed by atoms with Gasteiger partial charge in [-0.25, -0.2) is 0 Å². The average Bonchev–Trinajstić information content (AvgIpc) is 2.85. The Balaban J connectivity index is 0.00000161. The summed E-state index contributed by atoms with van der Waals surface area (Å²) in [4.78, 5) is 0. The summed E-state index contributed by atoms with van der Waals surface area (Å²) in [7, 11) is 0. The molecule has 21 heavy (non-hydrogen) atoms. The van der Waals surface area contributed by atoms with E-state index in [4.69, 9.17) is 4.42 Å². The van der Waals surface area contributed by atoms with E-state index in [9.17, 15) is 13.2 Å². The van der Waals surface area contributed by atoms with Gasteiger partial charge in [0.25, 0.3) is 0 Å². The van der Waals surface area contributed by atoms with Crippen molar-refractivity contribution >= 4 is 23.4 Å². The summed E-state index contributed by atoms with van der Waals surface area (Å²) in [6.07, 6.45) is -2.03. The van der Waals surface area contributed by atoms with Gasteiger partial charge in [-0.3, -0.25) is 0 Å². The molecule has 2 atom stereocenters. The molecule has 6 heteroatoms. The normalized spacial score (nSPS) is 23.0. The van der Waals surface area contributed by atoms with E-state index in [0.29, 0.717) is 22.5 Å². The first-order valence-corrected chi connectivity index (χ1v) is 6.76.